The lowest BCUT2D eigenvalue weighted by Crippen LogP contribution is -2.48. The zero-order valence-electron chi connectivity index (χ0n) is 10.7. The van der Waals surface area contributed by atoms with Crippen LogP contribution in [0.15, 0.2) is 0 Å². The second kappa shape index (κ2) is 4.87. The average molecular weight is 236 g/mol. The standard InChI is InChI=1S/C14H24N2O/c17-14(15-9-4-1-5-10-15)16-11-8-12-6-2-3-7-13(12)16/h12-13H,1-11H2. The van der Waals surface area contributed by atoms with Gasteiger partial charge >= 0.3 is 6.03 Å². The molecule has 2 atom stereocenters. The molecule has 0 N–H and O–H groups in total. The van der Waals surface area contributed by atoms with Gasteiger partial charge in [0.1, 0.15) is 0 Å². The van der Waals surface area contributed by atoms with E-state index < -0.39 is 0 Å². The molecule has 2 unspecified atom stereocenters. The molecule has 0 aromatic heterocycles. The van der Waals surface area contributed by atoms with E-state index in [1.54, 1.807) is 0 Å². The van der Waals surface area contributed by atoms with E-state index in [9.17, 15) is 4.79 Å². The van der Waals surface area contributed by atoms with E-state index in [4.69, 9.17) is 0 Å². The number of nitrogens with zero attached hydrogens (tertiary/aromatic N) is 2. The van der Waals surface area contributed by atoms with Crippen molar-refractivity contribution >= 4 is 6.03 Å². The molecule has 2 saturated heterocycles. The number of likely N-dealkylation sites (tertiary alicyclic amines) is 2. The number of urea groups is 1. The first-order chi connectivity index (χ1) is 8.36. The summed E-state index contributed by atoms with van der Waals surface area (Å²) in [6.45, 7) is 3.00. The quantitative estimate of drug-likeness (QED) is 0.634. The van der Waals surface area contributed by atoms with Crippen molar-refractivity contribution in [2.75, 3.05) is 19.6 Å². The number of piperidine rings is 1. The number of carbonyl (C=O) groups is 1. The summed E-state index contributed by atoms with van der Waals surface area (Å²) in [5, 5.41) is 0. The number of amides is 2. The van der Waals surface area contributed by atoms with Crippen LogP contribution >= 0.6 is 0 Å². The first kappa shape index (κ1) is 11.4. The smallest absolute Gasteiger partial charge is 0.320 e. The minimum absolute atomic E-state index is 0.346. The lowest BCUT2D eigenvalue weighted by atomic mass is 9.85. The topological polar surface area (TPSA) is 23.6 Å². The van der Waals surface area contributed by atoms with Crippen molar-refractivity contribution in [1.82, 2.24) is 9.80 Å². The van der Waals surface area contributed by atoms with Gasteiger partial charge in [0.25, 0.3) is 0 Å². The second-order valence-electron chi connectivity index (χ2n) is 5.92. The Balaban J connectivity index is 1.65. The number of carbonyl (C=O) groups excluding carboxylic acids is 1. The number of hydrogen-bond donors (Lipinski definition) is 0. The molecule has 1 aliphatic carbocycles. The van der Waals surface area contributed by atoms with Crippen molar-refractivity contribution in [2.45, 2.75) is 57.4 Å². The number of fused-ring (bicyclic) bond motifs is 1. The monoisotopic (exact) mass is 236 g/mol. The summed E-state index contributed by atoms with van der Waals surface area (Å²) in [4.78, 5) is 16.8. The van der Waals surface area contributed by atoms with Gasteiger partial charge < -0.3 is 9.80 Å². The van der Waals surface area contributed by atoms with Gasteiger partial charge in [-0.3, -0.25) is 0 Å². The summed E-state index contributed by atoms with van der Waals surface area (Å²) in [6.07, 6.45) is 10.3. The van der Waals surface area contributed by atoms with Crippen LogP contribution in [0, 0.1) is 5.92 Å². The van der Waals surface area contributed by atoms with Gasteiger partial charge in [-0.05, 0) is 44.4 Å². The Morgan fingerprint density at radius 1 is 0.824 bits per heavy atom. The van der Waals surface area contributed by atoms with Gasteiger partial charge in [-0.25, -0.2) is 4.79 Å². The summed E-state index contributed by atoms with van der Waals surface area (Å²) in [5.74, 6) is 0.817. The van der Waals surface area contributed by atoms with Crippen molar-refractivity contribution < 1.29 is 4.79 Å². The molecule has 0 bridgehead atoms. The molecular weight excluding hydrogens is 212 g/mol. The predicted molar refractivity (Wildman–Crippen MR) is 67.9 cm³/mol. The molecule has 0 spiro atoms. The van der Waals surface area contributed by atoms with E-state index in [-0.39, 0.29) is 0 Å². The minimum Gasteiger partial charge on any atom is -0.325 e. The van der Waals surface area contributed by atoms with Gasteiger partial charge in [0.05, 0.1) is 0 Å². The zero-order chi connectivity index (χ0) is 11.7. The van der Waals surface area contributed by atoms with Gasteiger partial charge in [-0.1, -0.05) is 12.8 Å². The Hall–Kier alpha value is -0.730. The average Bonchev–Trinajstić information content (AvgIpc) is 2.83. The van der Waals surface area contributed by atoms with E-state index in [0.717, 1.165) is 25.6 Å². The van der Waals surface area contributed by atoms with Crippen molar-refractivity contribution in [2.24, 2.45) is 5.92 Å². The van der Waals surface area contributed by atoms with Crippen LogP contribution in [0.5, 0.6) is 0 Å². The second-order valence-corrected chi connectivity index (χ2v) is 5.92. The van der Waals surface area contributed by atoms with Gasteiger partial charge in [0.2, 0.25) is 0 Å². The van der Waals surface area contributed by atoms with Crippen LogP contribution < -0.4 is 0 Å². The SMILES string of the molecule is O=C(N1CCCCC1)N1CCC2CCCCC21. The maximum absolute atomic E-state index is 12.5. The van der Waals surface area contributed by atoms with Gasteiger partial charge in [-0.2, -0.15) is 0 Å². The highest BCUT2D eigenvalue weighted by molar-refractivity contribution is 5.75. The number of hydrogen-bond acceptors (Lipinski definition) is 1. The first-order valence-corrected chi connectivity index (χ1v) is 7.42. The summed E-state index contributed by atoms with van der Waals surface area (Å²) in [6, 6.07) is 0.928. The molecule has 2 amide bonds. The molecule has 96 valence electrons. The maximum Gasteiger partial charge on any atom is 0.320 e. The van der Waals surface area contributed by atoms with Crippen LogP contribution in [0.3, 0.4) is 0 Å². The fourth-order valence-corrected chi connectivity index (χ4v) is 3.91. The summed E-state index contributed by atoms with van der Waals surface area (Å²) >= 11 is 0. The first-order valence-electron chi connectivity index (χ1n) is 7.42. The molecule has 0 aromatic rings. The van der Waals surface area contributed by atoms with E-state index in [1.807, 2.05) is 0 Å². The lowest BCUT2D eigenvalue weighted by Gasteiger charge is -2.36. The molecule has 0 aromatic carbocycles. The summed E-state index contributed by atoms with van der Waals surface area (Å²) in [5.41, 5.74) is 0. The normalized spacial score (nSPS) is 33.6. The Labute approximate surface area is 104 Å². The summed E-state index contributed by atoms with van der Waals surface area (Å²) in [7, 11) is 0. The molecule has 0 radical (unpaired) electrons. The summed E-state index contributed by atoms with van der Waals surface area (Å²) < 4.78 is 0. The Bertz CT molecular complexity index is 286. The van der Waals surface area contributed by atoms with E-state index in [0.29, 0.717) is 12.1 Å². The third-order valence-electron chi connectivity index (χ3n) is 4.88. The van der Waals surface area contributed by atoms with E-state index in [2.05, 4.69) is 9.80 Å². The Kier molecular flexibility index (Phi) is 3.26. The van der Waals surface area contributed by atoms with Crippen LogP contribution in [0.1, 0.15) is 51.4 Å². The highest BCUT2D eigenvalue weighted by Crippen LogP contribution is 2.36. The van der Waals surface area contributed by atoms with Crippen LogP contribution in [0.4, 0.5) is 4.79 Å². The van der Waals surface area contributed by atoms with Gasteiger partial charge in [0, 0.05) is 25.7 Å². The minimum atomic E-state index is 0.346. The Morgan fingerprint density at radius 3 is 2.41 bits per heavy atom. The molecular formula is C14H24N2O. The predicted octanol–water partition coefficient (Wildman–Crippen LogP) is 2.86. The molecule has 2 aliphatic heterocycles. The molecule has 1 saturated carbocycles. The fourth-order valence-electron chi connectivity index (χ4n) is 3.91. The van der Waals surface area contributed by atoms with Crippen molar-refractivity contribution in [3.8, 4) is 0 Å². The molecule has 3 aliphatic rings. The zero-order valence-corrected chi connectivity index (χ0v) is 10.7. The molecule has 2 heterocycles. The fraction of sp³-hybridized carbons (Fsp3) is 0.929. The van der Waals surface area contributed by atoms with Crippen LogP contribution in [0.2, 0.25) is 0 Å². The highest BCUT2D eigenvalue weighted by atomic mass is 16.2. The van der Waals surface area contributed by atoms with Crippen molar-refractivity contribution in [1.29, 1.82) is 0 Å². The van der Waals surface area contributed by atoms with Gasteiger partial charge in [0.15, 0.2) is 0 Å². The van der Waals surface area contributed by atoms with Crippen molar-refractivity contribution in [3.05, 3.63) is 0 Å². The third-order valence-corrected chi connectivity index (χ3v) is 4.88. The van der Waals surface area contributed by atoms with E-state index >= 15 is 0 Å². The molecule has 3 fully saturated rings. The van der Waals surface area contributed by atoms with E-state index in [1.165, 1.54) is 51.4 Å². The van der Waals surface area contributed by atoms with Crippen LogP contribution in [-0.2, 0) is 0 Å². The third kappa shape index (κ3) is 2.16. The van der Waals surface area contributed by atoms with Crippen molar-refractivity contribution in [3.63, 3.8) is 0 Å². The molecule has 3 heteroatoms. The maximum atomic E-state index is 12.5. The molecule has 17 heavy (non-hydrogen) atoms. The molecule has 3 nitrogen and oxygen atoms in total. The van der Waals surface area contributed by atoms with Crippen LogP contribution in [-0.4, -0.2) is 41.5 Å². The lowest BCUT2D eigenvalue weighted by molar-refractivity contribution is 0.125. The van der Waals surface area contributed by atoms with Crippen LogP contribution in [0.25, 0.3) is 0 Å². The largest absolute Gasteiger partial charge is 0.325 e. The molecule has 3 rings (SSSR count). The highest BCUT2D eigenvalue weighted by Gasteiger charge is 2.39. The van der Waals surface area contributed by atoms with Gasteiger partial charge in [-0.15, -0.1) is 0 Å². The Morgan fingerprint density at radius 2 is 1.59 bits per heavy atom. The number of rotatable bonds is 0.